The molecule has 0 aliphatic heterocycles. The summed E-state index contributed by atoms with van der Waals surface area (Å²) in [7, 11) is 0. The summed E-state index contributed by atoms with van der Waals surface area (Å²) < 4.78 is 42.7. The number of aryl methyl sites for hydroxylation is 1. The quantitative estimate of drug-likeness (QED) is 0.618. The van der Waals surface area contributed by atoms with Crippen LogP contribution in [0.15, 0.2) is 30.7 Å². The molecule has 0 N–H and O–H groups in total. The average molecular weight is 323 g/mol. The minimum atomic E-state index is -0.763. The number of fused-ring (bicyclic) bond motifs is 1. The predicted molar refractivity (Wildman–Crippen MR) is 85.7 cm³/mol. The van der Waals surface area contributed by atoms with Crippen molar-refractivity contribution in [1.82, 2.24) is 14.6 Å². The first-order valence-electron chi connectivity index (χ1n) is 7.52. The third kappa shape index (κ3) is 3.52. The van der Waals surface area contributed by atoms with Gasteiger partial charge in [0.1, 0.15) is 23.5 Å². The Hall–Kier alpha value is -2.37. The molecule has 3 rings (SSSR count). The van der Waals surface area contributed by atoms with E-state index in [1.807, 2.05) is 27.7 Å². The summed E-state index contributed by atoms with van der Waals surface area (Å²) in [4.78, 5) is 3.68. The van der Waals surface area contributed by atoms with Crippen LogP contribution in [0, 0.1) is 24.4 Å². The Morgan fingerprint density at radius 2 is 1.61 bits per heavy atom. The zero-order chi connectivity index (χ0) is 17.6. The lowest BCUT2D eigenvalue weighted by molar-refractivity contribution is 0.581. The highest BCUT2D eigenvalue weighted by molar-refractivity contribution is 5.68. The Balaban J connectivity index is 0.000000615. The maximum Gasteiger partial charge on any atom is 0.152 e. The molecule has 2 heterocycles. The van der Waals surface area contributed by atoms with Crippen molar-refractivity contribution in [3.63, 3.8) is 0 Å². The first-order valence-corrected chi connectivity index (χ1v) is 7.52. The lowest BCUT2D eigenvalue weighted by Gasteiger charge is -2.06. The van der Waals surface area contributed by atoms with Gasteiger partial charge in [0, 0.05) is 6.07 Å². The minimum absolute atomic E-state index is 0.0219. The van der Waals surface area contributed by atoms with E-state index >= 15 is 0 Å². The molecule has 0 saturated heterocycles. The number of hydrogen-bond donors (Lipinski definition) is 0. The van der Waals surface area contributed by atoms with Crippen molar-refractivity contribution in [2.45, 2.75) is 34.6 Å². The van der Waals surface area contributed by atoms with Gasteiger partial charge in [-0.25, -0.2) is 22.7 Å². The summed E-state index contributed by atoms with van der Waals surface area (Å²) in [6.45, 7) is 9.51. The van der Waals surface area contributed by atoms with Gasteiger partial charge in [-0.2, -0.15) is 5.10 Å². The number of hydrogen-bond acceptors (Lipinski definition) is 2. The standard InChI is InChI=1S/C13H8F3N3.2C2H6/c1-7-2-3-8(14)12(13(7)16)10-4-9(15)11-5-17-6-18-19(10)11;2*1-2/h2-6H,1H3;2*1-2H3. The van der Waals surface area contributed by atoms with Crippen LogP contribution in [0.1, 0.15) is 33.3 Å². The molecule has 0 atom stereocenters. The summed E-state index contributed by atoms with van der Waals surface area (Å²) in [6.07, 6.45) is 2.43. The number of rotatable bonds is 1. The van der Waals surface area contributed by atoms with E-state index < -0.39 is 17.5 Å². The van der Waals surface area contributed by atoms with Gasteiger partial charge >= 0.3 is 0 Å². The van der Waals surface area contributed by atoms with Crippen molar-refractivity contribution < 1.29 is 13.2 Å². The summed E-state index contributed by atoms with van der Waals surface area (Å²) in [5.41, 5.74) is 0.0739. The molecular weight excluding hydrogens is 303 g/mol. The molecule has 3 nitrogen and oxygen atoms in total. The molecule has 0 bridgehead atoms. The SMILES string of the molecule is CC.CC.Cc1ccc(F)c(-c2cc(F)c3cncnn23)c1F. The molecule has 0 aliphatic rings. The van der Waals surface area contributed by atoms with Crippen LogP contribution in [0.2, 0.25) is 0 Å². The number of halogens is 3. The highest BCUT2D eigenvalue weighted by atomic mass is 19.1. The first-order chi connectivity index (χ1) is 11.1. The third-order valence-electron chi connectivity index (χ3n) is 2.94. The fourth-order valence-corrected chi connectivity index (χ4v) is 1.98. The predicted octanol–water partition coefficient (Wildman–Crippen LogP) is 5.17. The molecule has 1 aromatic carbocycles. The Kier molecular flexibility index (Phi) is 6.75. The maximum absolute atomic E-state index is 14.1. The molecule has 0 saturated carbocycles. The van der Waals surface area contributed by atoms with E-state index in [2.05, 4.69) is 10.1 Å². The van der Waals surface area contributed by atoms with E-state index in [0.717, 1.165) is 16.6 Å². The van der Waals surface area contributed by atoms with E-state index in [-0.39, 0.29) is 22.3 Å². The summed E-state index contributed by atoms with van der Waals surface area (Å²) in [5.74, 6) is -2.12. The van der Waals surface area contributed by atoms with Gasteiger partial charge < -0.3 is 0 Å². The molecule has 2 aromatic heterocycles. The van der Waals surface area contributed by atoms with Crippen molar-refractivity contribution in [3.8, 4) is 11.3 Å². The van der Waals surface area contributed by atoms with Gasteiger partial charge in [-0.3, -0.25) is 0 Å². The molecular formula is C17H20F3N3. The van der Waals surface area contributed by atoms with E-state index in [1.54, 1.807) is 0 Å². The Morgan fingerprint density at radius 3 is 2.26 bits per heavy atom. The van der Waals surface area contributed by atoms with Crippen LogP contribution in [0.4, 0.5) is 13.2 Å². The topological polar surface area (TPSA) is 30.2 Å². The molecule has 0 radical (unpaired) electrons. The van der Waals surface area contributed by atoms with Crippen LogP contribution in [0.5, 0.6) is 0 Å². The van der Waals surface area contributed by atoms with Gasteiger partial charge in [0.15, 0.2) is 5.82 Å². The first kappa shape index (κ1) is 18.7. The second-order valence-corrected chi connectivity index (χ2v) is 4.14. The number of nitrogens with zero attached hydrogens (tertiary/aromatic N) is 3. The number of benzene rings is 1. The van der Waals surface area contributed by atoms with Gasteiger partial charge in [-0.1, -0.05) is 33.8 Å². The minimum Gasteiger partial charge on any atom is -0.241 e. The second-order valence-electron chi connectivity index (χ2n) is 4.14. The second kappa shape index (κ2) is 8.31. The molecule has 124 valence electrons. The highest BCUT2D eigenvalue weighted by Crippen LogP contribution is 2.30. The maximum atomic E-state index is 14.1. The van der Waals surface area contributed by atoms with Gasteiger partial charge in [-0.05, 0) is 18.6 Å². The molecule has 3 aromatic rings. The molecule has 0 fully saturated rings. The summed E-state index contributed by atoms with van der Waals surface area (Å²) in [6, 6.07) is 3.52. The number of aromatic nitrogens is 3. The lowest BCUT2D eigenvalue weighted by atomic mass is 10.1. The lowest BCUT2D eigenvalue weighted by Crippen LogP contribution is -1.99. The smallest absolute Gasteiger partial charge is 0.152 e. The van der Waals surface area contributed by atoms with Crippen molar-refractivity contribution in [3.05, 3.63) is 53.7 Å². The zero-order valence-corrected chi connectivity index (χ0v) is 13.9. The average Bonchev–Trinajstić information content (AvgIpc) is 2.93. The normalized spacial score (nSPS) is 9.74. The molecule has 23 heavy (non-hydrogen) atoms. The summed E-state index contributed by atoms with van der Waals surface area (Å²) >= 11 is 0. The molecule has 0 unspecified atom stereocenters. The molecule has 6 heteroatoms. The zero-order valence-electron chi connectivity index (χ0n) is 13.9. The van der Waals surface area contributed by atoms with Crippen molar-refractivity contribution in [2.75, 3.05) is 0 Å². The van der Waals surface area contributed by atoms with Crippen molar-refractivity contribution in [2.24, 2.45) is 0 Å². The van der Waals surface area contributed by atoms with Crippen LogP contribution < -0.4 is 0 Å². The van der Waals surface area contributed by atoms with Gasteiger partial charge in [0.25, 0.3) is 0 Å². The molecule has 0 amide bonds. The summed E-state index contributed by atoms with van der Waals surface area (Å²) in [5, 5.41) is 3.82. The van der Waals surface area contributed by atoms with E-state index in [4.69, 9.17) is 0 Å². The Bertz CT molecular complexity index is 782. The monoisotopic (exact) mass is 323 g/mol. The van der Waals surface area contributed by atoms with Crippen molar-refractivity contribution in [1.29, 1.82) is 0 Å². The Labute approximate surface area is 133 Å². The van der Waals surface area contributed by atoms with Gasteiger partial charge in [0.2, 0.25) is 0 Å². The highest BCUT2D eigenvalue weighted by Gasteiger charge is 2.19. The molecule has 0 aliphatic carbocycles. The third-order valence-corrected chi connectivity index (χ3v) is 2.94. The van der Waals surface area contributed by atoms with Crippen LogP contribution in [0.3, 0.4) is 0 Å². The van der Waals surface area contributed by atoms with Crippen molar-refractivity contribution >= 4 is 5.52 Å². The fraction of sp³-hybridized carbons (Fsp3) is 0.294. The van der Waals surface area contributed by atoms with E-state index in [9.17, 15) is 13.2 Å². The molecule has 0 spiro atoms. The van der Waals surface area contributed by atoms with Gasteiger partial charge in [-0.15, -0.1) is 0 Å². The Morgan fingerprint density at radius 1 is 0.957 bits per heavy atom. The van der Waals surface area contributed by atoms with Crippen LogP contribution in [-0.4, -0.2) is 14.6 Å². The van der Waals surface area contributed by atoms with Crippen LogP contribution in [0.25, 0.3) is 16.8 Å². The van der Waals surface area contributed by atoms with E-state index in [0.29, 0.717) is 0 Å². The largest absolute Gasteiger partial charge is 0.241 e. The van der Waals surface area contributed by atoms with Crippen LogP contribution in [-0.2, 0) is 0 Å². The van der Waals surface area contributed by atoms with Gasteiger partial charge in [0.05, 0.1) is 17.5 Å². The van der Waals surface area contributed by atoms with Crippen LogP contribution >= 0.6 is 0 Å². The fourth-order valence-electron chi connectivity index (χ4n) is 1.98. The van der Waals surface area contributed by atoms with E-state index in [1.165, 1.54) is 25.5 Å².